The SMILES string of the molecule is COc1ccccc1N1CCN(C(=O)CN(C(=O)c2ccc(-c3ccccc3)cc2)c2ccc(Cl)cc2Oc2cccc(CNC(=O)OC(C)(C)C)c2)CC1. The Labute approximate surface area is 327 Å². The van der Waals surface area contributed by atoms with E-state index < -0.39 is 11.7 Å². The highest BCUT2D eigenvalue weighted by Gasteiger charge is 2.29. The molecule has 11 heteroatoms. The van der Waals surface area contributed by atoms with E-state index >= 15 is 0 Å². The zero-order valence-corrected chi connectivity index (χ0v) is 32.2. The Kier molecular flexibility index (Phi) is 12.3. The molecule has 1 saturated heterocycles. The number of alkyl carbamates (subject to hydrolysis) is 1. The van der Waals surface area contributed by atoms with E-state index in [0.29, 0.717) is 48.2 Å². The third-order valence-corrected chi connectivity index (χ3v) is 9.25. The number of halogens is 1. The van der Waals surface area contributed by atoms with Crippen LogP contribution in [-0.4, -0.2) is 68.2 Å². The molecule has 0 aliphatic carbocycles. The molecule has 1 aliphatic heterocycles. The predicted molar refractivity (Wildman–Crippen MR) is 216 cm³/mol. The van der Waals surface area contributed by atoms with Crippen LogP contribution in [0.3, 0.4) is 0 Å². The molecule has 0 bridgehead atoms. The van der Waals surface area contributed by atoms with Gasteiger partial charge in [0.25, 0.3) is 5.91 Å². The van der Waals surface area contributed by atoms with Crippen molar-refractivity contribution >= 4 is 40.9 Å². The maximum absolute atomic E-state index is 14.5. The lowest BCUT2D eigenvalue weighted by atomic mass is 10.0. The largest absolute Gasteiger partial charge is 0.495 e. The molecule has 1 aliphatic rings. The van der Waals surface area contributed by atoms with Crippen LogP contribution in [0.25, 0.3) is 11.1 Å². The highest BCUT2D eigenvalue weighted by Crippen LogP contribution is 2.37. The first-order valence-corrected chi connectivity index (χ1v) is 18.5. The summed E-state index contributed by atoms with van der Waals surface area (Å²) in [5, 5.41) is 3.15. The minimum Gasteiger partial charge on any atom is -0.495 e. The van der Waals surface area contributed by atoms with Gasteiger partial charge in [-0.15, -0.1) is 0 Å². The van der Waals surface area contributed by atoms with Crippen LogP contribution in [0.15, 0.2) is 121 Å². The molecule has 1 heterocycles. The molecule has 3 amide bonds. The summed E-state index contributed by atoms with van der Waals surface area (Å²) in [7, 11) is 1.65. The van der Waals surface area contributed by atoms with E-state index in [9.17, 15) is 14.4 Å². The highest BCUT2D eigenvalue weighted by molar-refractivity contribution is 6.31. The Balaban J connectivity index is 1.26. The van der Waals surface area contributed by atoms with Gasteiger partial charge in [-0.3, -0.25) is 14.5 Å². The Morgan fingerprint density at radius 2 is 1.45 bits per heavy atom. The van der Waals surface area contributed by atoms with Crippen LogP contribution in [0.4, 0.5) is 16.2 Å². The van der Waals surface area contributed by atoms with E-state index in [1.807, 2.05) is 72.8 Å². The zero-order chi connectivity index (χ0) is 39.0. The average molecular weight is 761 g/mol. The Hall–Kier alpha value is -6.00. The summed E-state index contributed by atoms with van der Waals surface area (Å²) in [5.41, 5.74) is 3.88. The van der Waals surface area contributed by atoms with Gasteiger partial charge in [0, 0.05) is 49.4 Å². The lowest BCUT2D eigenvalue weighted by Crippen LogP contribution is -2.52. The number of piperazine rings is 1. The number of ether oxygens (including phenoxy) is 3. The van der Waals surface area contributed by atoms with Gasteiger partial charge in [0.05, 0.1) is 18.5 Å². The monoisotopic (exact) mass is 760 g/mol. The van der Waals surface area contributed by atoms with Crippen molar-refractivity contribution in [2.45, 2.75) is 32.9 Å². The van der Waals surface area contributed by atoms with Crippen molar-refractivity contribution in [2.24, 2.45) is 0 Å². The van der Waals surface area contributed by atoms with Crippen LogP contribution in [0.2, 0.25) is 5.02 Å². The quantitative estimate of drug-likeness (QED) is 0.144. The summed E-state index contributed by atoms with van der Waals surface area (Å²) in [6.07, 6.45) is -0.534. The number of carbonyl (C=O) groups is 3. The Morgan fingerprint density at radius 3 is 2.16 bits per heavy atom. The van der Waals surface area contributed by atoms with E-state index in [1.54, 1.807) is 81.3 Å². The topological polar surface area (TPSA) is 101 Å². The van der Waals surface area contributed by atoms with E-state index in [-0.39, 0.29) is 30.7 Å². The van der Waals surface area contributed by atoms with Gasteiger partial charge in [0.1, 0.15) is 23.6 Å². The van der Waals surface area contributed by atoms with Crippen LogP contribution in [-0.2, 0) is 16.1 Å². The molecule has 0 spiro atoms. The number of methoxy groups -OCH3 is 1. The van der Waals surface area contributed by atoms with E-state index in [2.05, 4.69) is 10.2 Å². The van der Waals surface area contributed by atoms with Crippen LogP contribution >= 0.6 is 11.6 Å². The van der Waals surface area contributed by atoms with Crippen molar-refractivity contribution in [3.63, 3.8) is 0 Å². The first-order chi connectivity index (χ1) is 26.5. The van der Waals surface area contributed by atoms with Crippen LogP contribution in [0.5, 0.6) is 17.2 Å². The second kappa shape index (κ2) is 17.4. The second-order valence-corrected chi connectivity index (χ2v) is 14.5. The summed E-state index contributed by atoms with van der Waals surface area (Å²) in [4.78, 5) is 46.3. The number of carbonyl (C=O) groups excluding carboxylic acids is 3. The molecular weight excluding hydrogens is 716 g/mol. The molecule has 0 aromatic heterocycles. The number of rotatable bonds is 11. The lowest BCUT2D eigenvalue weighted by molar-refractivity contribution is -0.129. The van der Waals surface area contributed by atoms with Gasteiger partial charge in [-0.05, 0) is 86.0 Å². The molecule has 5 aromatic carbocycles. The number of benzene rings is 5. The highest BCUT2D eigenvalue weighted by atomic mass is 35.5. The molecule has 6 rings (SSSR count). The number of para-hydroxylation sites is 2. The number of hydrogen-bond donors (Lipinski definition) is 1. The fourth-order valence-corrected chi connectivity index (χ4v) is 6.47. The predicted octanol–water partition coefficient (Wildman–Crippen LogP) is 8.83. The average Bonchev–Trinajstić information content (AvgIpc) is 3.19. The fraction of sp³-hybridized carbons (Fsp3) is 0.250. The summed E-state index contributed by atoms with van der Waals surface area (Å²) in [6, 6.07) is 37.2. The molecule has 10 nitrogen and oxygen atoms in total. The number of anilines is 2. The van der Waals surface area contributed by atoms with Crippen LogP contribution in [0, 0.1) is 0 Å². The van der Waals surface area contributed by atoms with Crippen molar-refractivity contribution < 1.29 is 28.6 Å². The Morgan fingerprint density at radius 1 is 0.764 bits per heavy atom. The van der Waals surface area contributed by atoms with Crippen molar-refractivity contribution in [1.29, 1.82) is 0 Å². The maximum atomic E-state index is 14.5. The van der Waals surface area contributed by atoms with E-state index in [0.717, 1.165) is 28.1 Å². The van der Waals surface area contributed by atoms with Gasteiger partial charge in [-0.25, -0.2) is 4.79 Å². The van der Waals surface area contributed by atoms with E-state index in [4.69, 9.17) is 25.8 Å². The number of hydrogen-bond acceptors (Lipinski definition) is 7. The van der Waals surface area contributed by atoms with Gasteiger partial charge < -0.3 is 29.3 Å². The second-order valence-electron chi connectivity index (χ2n) is 14.1. The van der Waals surface area contributed by atoms with Gasteiger partial charge in [0.15, 0.2) is 5.75 Å². The Bertz CT molecular complexity index is 2110. The molecule has 1 fully saturated rings. The summed E-state index contributed by atoms with van der Waals surface area (Å²) in [6.45, 7) is 7.53. The van der Waals surface area contributed by atoms with E-state index in [1.165, 1.54) is 4.90 Å². The fourth-order valence-electron chi connectivity index (χ4n) is 6.31. The first-order valence-electron chi connectivity index (χ1n) is 18.1. The minimum atomic E-state index is -0.628. The molecule has 0 unspecified atom stereocenters. The number of nitrogens with one attached hydrogen (secondary N) is 1. The standard InChI is InChI=1S/C44H45ClN4O6/c1-44(2,3)55-43(52)46-29-31-11-10-14-36(27-31)54-40-28-35(45)21-22-38(40)49(42(51)34-19-17-33(18-20-34)32-12-6-5-7-13-32)30-41(50)48-25-23-47(24-26-48)37-15-8-9-16-39(37)53-4/h5-22,27-28H,23-26,29-30H2,1-4H3,(H,46,52). The van der Waals surface area contributed by atoms with Gasteiger partial charge in [0.2, 0.25) is 5.91 Å². The summed E-state index contributed by atoms with van der Waals surface area (Å²) < 4.78 is 17.3. The minimum absolute atomic E-state index is 0.204. The summed E-state index contributed by atoms with van der Waals surface area (Å²) in [5.74, 6) is 0.934. The first kappa shape index (κ1) is 38.7. The van der Waals surface area contributed by atoms with Crippen molar-refractivity contribution in [3.8, 4) is 28.4 Å². The molecule has 0 atom stereocenters. The molecule has 5 aromatic rings. The van der Waals surface area contributed by atoms with Crippen LogP contribution < -0.4 is 24.6 Å². The molecule has 0 saturated carbocycles. The van der Waals surface area contributed by atoms with Gasteiger partial charge in [-0.1, -0.05) is 78.3 Å². The van der Waals surface area contributed by atoms with Gasteiger partial charge >= 0.3 is 6.09 Å². The van der Waals surface area contributed by atoms with Crippen molar-refractivity contribution in [1.82, 2.24) is 10.2 Å². The zero-order valence-electron chi connectivity index (χ0n) is 31.5. The molecule has 284 valence electrons. The van der Waals surface area contributed by atoms with Crippen LogP contribution in [0.1, 0.15) is 36.7 Å². The van der Waals surface area contributed by atoms with Gasteiger partial charge in [-0.2, -0.15) is 0 Å². The maximum Gasteiger partial charge on any atom is 0.407 e. The number of amides is 3. The van der Waals surface area contributed by atoms with Crippen molar-refractivity contribution in [3.05, 3.63) is 137 Å². The number of nitrogens with zero attached hydrogens (tertiary/aromatic N) is 3. The molecule has 1 N–H and O–H groups in total. The molecule has 55 heavy (non-hydrogen) atoms. The lowest BCUT2D eigenvalue weighted by Gasteiger charge is -2.37. The smallest absolute Gasteiger partial charge is 0.407 e. The third-order valence-electron chi connectivity index (χ3n) is 9.01. The van der Waals surface area contributed by atoms with Crippen molar-refractivity contribution in [2.75, 3.05) is 49.6 Å². The molecule has 0 radical (unpaired) electrons. The normalized spacial score (nSPS) is 12.8. The summed E-state index contributed by atoms with van der Waals surface area (Å²) >= 11 is 6.51. The molecular formula is C44H45ClN4O6. The third kappa shape index (κ3) is 10.2.